The zero-order chi connectivity index (χ0) is 7.97. The highest BCUT2D eigenvalue weighted by atomic mass is 15.2. The van der Waals surface area contributed by atoms with Crippen molar-refractivity contribution in [3.8, 4) is 0 Å². The molecule has 3 nitrogen and oxygen atoms in total. The van der Waals surface area contributed by atoms with Gasteiger partial charge in [0.2, 0.25) is 0 Å². The van der Waals surface area contributed by atoms with Crippen LogP contribution in [0.4, 0.5) is 0 Å². The van der Waals surface area contributed by atoms with Gasteiger partial charge in [-0.15, -0.1) is 0 Å². The number of hydrogen-bond acceptors (Lipinski definition) is 2. The third-order valence-electron chi connectivity index (χ3n) is 2.41. The highest BCUT2D eigenvalue weighted by Crippen LogP contribution is 2.19. The Hall–Kier alpha value is -1.38. The number of hydrogen-bond donors (Lipinski definition) is 0. The molecule has 0 spiro atoms. The molecule has 0 bridgehead atoms. The van der Waals surface area contributed by atoms with Crippen molar-refractivity contribution in [2.75, 3.05) is 0 Å². The second-order valence-corrected chi connectivity index (χ2v) is 3.20. The molecule has 0 radical (unpaired) electrons. The van der Waals surface area contributed by atoms with Crippen molar-refractivity contribution in [2.45, 2.75) is 19.3 Å². The zero-order valence-electron chi connectivity index (χ0n) is 6.70. The molecule has 0 N–H and O–H groups in total. The molecule has 0 aromatic carbocycles. The van der Waals surface area contributed by atoms with Crippen LogP contribution in [-0.2, 0) is 12.8 Å². The molecule has 12 heavy (non-hydrogen) atoms. The predicted molar refractivity (Wildman–Crippen MR) is 45.0 cm³/mol. The normalized spacial score (nSPS) is 15.3. The van der Waals surface area contributed by atoms with Crippen LogP contribution in [0.5, 0.6) is 0 Å². The van der Waals surface area contributed by atoms with Gasteiger partial charge in [-0.1, -0.05) is 0 Å². The quantitative estimate of drug-likeness (QED) is 0.578. The van der Waals surface area contributed by atoms with Crippen molar-refractivity contribution in [1.82, 2.24) is 14.6 Å². The fraction of sp³-hybridized carbons (Fsp3) is 0.333. The van der Waals surface area contributed by atoms with Gasteiger partial charge in [-0.25, -0.2) is 9.50 Å². The number of fused-ring (bicyclic) bond motifs is 2. The first kappa shape index (κ1) is 6.17. The molecule has 2 heterocycles. The van der Waals surface area contributed by atoms with Crippen LogP contribution in [0, 0.1) is 0 Å². The first-order chi connectivity index (χ1) is 5.93. The minimum atomic E-state index is 0.968. The van der Waals surface area contributed by atoms with E-state index in [2.05, 4.69) is 16.3 Å². The first-order valence-corrected chi connectivity index (χ1v) is 4.26. The van der Waals surface area contributed by atoms with Gasteiger partial charge in [-0.05, 0) is 24.8 Å². The summed E-state index contributed by atoms with van der Waals surface area (Å²) in [5.41, 5.74) is 3.60. The summed E-state index contributed by atoms with van der Waals surface area (Å²) in [7, 11) is 0. The summed E-state index contributed by atoms with van der Waals surface area (Å²) in [5, 5.41) is 4.15. The summed E-state index contributed by atoms with van der Waals surface area (Å²) in [5.74, 6) is 0. The second kappa shape index (κ2) is 2.06. The molecule has 0 amide bonds. The zero-order valence-corrected chi connectivity index (χ0v) is 6.70. The Morgan fingerprint density at radius 1 is 1.33 bits per heavy atom. The average molecular weight is 159 g/mol. The van der Waals surface area contributed by atoms with Crippen LogP contribution in [0.3, 0.4) is 0 Å². The molecule has 0 saturated carbocycles. The smallest absolute Gasteiger partial charge is 0.155 e. The van der Waals surface area contributed by atoms with Crippen LogP contribution in [0.2, 0.25) is 0 Å². The molecule has 3 rings (SSSR count). The van der Waals surface area contributed by atoms with Crippen molar-refractivity contribution in [3.63, 3.8) is 0 Å². The van der Waals surface area contributed by atoms with E-state index in [0.717, 1.165) is 18.5 Å². The lowest BCUT2D eigenvalue weighted by Crippen LogP contribution is -1.95. The van der Waals surface area contributed by atoms with Gasteiger partial charge in [0.05, 0.1) is 6.20 Å². The lowest BCUT2D eigenvalue weighted by atomic mass is 10.3. The maximum Gasteiger partial charge on any atom is 0.155 e. The van der Waals surface area contributed by atoms with E-state index in [9.17, 15) is 0 Å². The minimum Gasteiger partial charge on any atom is -0.233 e. The van der Waals surface area contributed by atoms with Gasteiger partial charge in [0, 0.05) is 18.0 Å². The number of aryl methyl sites for hydroxylation is 2. The summed E-state index contributed by atoms with van der Waals surface area (Å²) < 4.78 is 1.85. The van der Waals surface area contributed by atoms with Gasteiger partial charge in [0.1, 0.15) is 0 Å². The minimum absolute atomic E-state index is 0.968. The first-order valence-electron chi connectivity index (χ1n) is 4.26. The SMILES string of the molecule is c1cc2nc3c(cn2n1)CCC3. The van der Waals surface area contributed by atoms with E-state index >= 15 is 0 Å². The Bertz CT molecular complexity index is 392. The van der Waals surface area contributed by atoms with Gasteiger partial charge in [-0.3, -0.25) is 0 Å². The number of nitrogens with zero attached hydrogens (tertiary/aromatic N) is 3. The van der Waals surface area contributed by atoms with Crippen molar-refractivity contribution >= 4 is 5.65 Å². The summed E-state index contributed by atoms with van der Waals surface area (Å²) in [6, 6.07) is 1.94. The molecule has 0 fully saturated rings. The summed E-state index contributed by atoms with van der Waals surface area (Å²) in [6.07, 6.45) is 7.44. The maximum absolute atomic E-state index is 4.52. The molecule has 0 atom stereocenters. The molecule has 1 aliphatic carbocycles. The van der Waals surface area contributed by atoms with E-state index in [1.807, 2.05) is 10.6 Å². The second-order valence-electron chi connectivity index (χ2n) is 3.20. The van der Waals surface area contributed by atoms with Gasteiger partial charge >= 0.3 is 0 Å². The van der Waals surface area contributed by atoms with E-state index in [1.165, 1.54) is 17.7 Å². The lowest BCUT2D eigenvalue weighted by Gasteiger charge is -1.98. The lowest BCUT2D eigenvalue weighted by molar-refractivity contribution is 0.900. The van der Waals surface area contributed by atoms with Crippen LogP contribution in [0.15, 0.2) is 18.5 Å². The van der Waals surface area contributed by atoms with Crippen molar-refractivity contribution < 1.29 is 0 Å². The van der Waals surface area contributed by atoms with Crippen molar-refractivity contribution in [3.05, 3.63) is 29.7 Å². The fourth-order valence-electron chi connectivity index (χ4n) is 1.80. The molecule has 0 unspecified atom stereocenters. The maximum atomic E-state index is 4.52. The Balaban J connectivity index is 2.38. The molecule has 60 valence electrons. The molecule has 1 aliphatic rings. The molecule has 2 aromatic rings. The van der Waals surface area contributed by atoms with Crippen LogP contribution < -0.4 is 0 Å². The molecule has 2 aromatic heterocycles. The van der Waals surface area contributed by atoms with Gasteiger partial charge in [0.15, 0.2) is 5.65 Å². The molecular weight excluding hydrogens is 150 g/mol. The predicted octanol–water partition coefficient (Wildman–Crippen LogP) is 1.22. The highest BCUT2D eigenvalue weighted by Gasteiger charge is 2.12. The van der Waals surface area contributed by atoms with Crippen LogP contribution in [-0.4, -0.2) is 14.6 Å². The van der Waals surface area contributed by atoms with E-state index in [4.69, 9.17) is 0 Å². The van der Waals surface area contributed by atoms with E-state index in [1.54, 1.807) is 6.20 Å². The van der Waals surface area contributed by atoms with Gasteiger partial charge in [0.25, 0.3) is 0 Å². The monoisotopic (exact) mass is 159 g/mol. The number of rotatable bonds is 0. The number of aromatic nitrogens is 3. The standard InChI is InChI=1S/C9H9N3/c1-2-7-6-12-9(4-5-10-12)11-8(7)3-1/h4-6H,1-3H2. The molecule has 0 aliphatic heterocycles. The molecule has 3 heteroatoms. The third-order valence-corrected chi connectivity index (χ3v) is 2.41. The van der Waals surface area contributed by atoms with Gasteiger partial charge < -0.3 is 0 Å². The third kappa shape index (κ3) is 0.706. The summed E-state index contributed by atoms with van der Waals surface area (Å²) in [6.45, 7) is 0. The average Bonchev–Trinajstić information content (AvgIpc) is 2.64. The van der Waals surface area contributed by atoms with Gasteiger partial charge in [-0.2, -0.15) is 5.10 Å². The topological polar surface area (TPSA) is 30.2 Å². The Kier molecular flexibility index (Phi) is 1.06. The van der Waals surface area contributed by atoms with Crippen molar-refractivity contribution in [1.29, 1.82) is 0 Å². The Morgan fingerprint density at radius 3 is 3.33 bits per heavy atom. The molecule has 0 saturated heterocycles. The van der Waals surface area contributed by atoms with E-state index in [0.29, 0.717) is 0 Å². The largest absolute Gasteiger partial charge is 0.233 e. The van der Waals surface area contributed by atoms with Crippen molar-refractivity contribution in [2.24, 2.45) is 0 Å². The summed E-state index contributed by atoms with van der Waals surface area (Å²) >= 11 is 0. The van der Waals surface area contributed by atoms with Crippen LogP contribution >= 0.6 is 0 Å². The Labute approximate surface area is 70.0 Å². The highest BCUT2D eigenvalue weighted by molar-refractivity contribution is 5.40. The van der Waals surface area contributed by atoms with Crippen LogP contribution in [0.1, 0.15) is 17.7 Å². The van der Waals surface area contributed by atoms with E-state index < -0.39 is 0 Å². The molecular formula is C9H9N3. The fourth-order valence-corrected chi connectivity index (χ4v) is 1.80. The summed E-state index contributed by atoms with van der Waals surface area (Å²) in [4.78, 5) is 4.52. The van der Waals surface area contributed by atoms with E-state index in [-0.39, 0.29) is 0 Å². The Morgan fingerprint density at radius 2 is 2.33 bits per heavy atom. The van der Waals surface area contributed by atoms with Crippen LogP contribution in [0.25, 0.3) is 5.65 Å².